The van der Waals surface area contributed by atoms with E-state index in [9.17, 15) is 9.59 Å². The highest BCUT2D eigenvalue weighted by Crippen LogP contribution is 2.17. The maximum absolute atomic E-state index is 12.3. The van der Waals surface area contributed by atoms with Crippen molar-refractivity contribution in [2.24, 2.45) is 0 Å². The Labute approximate surface area is 182 Å². The van der Waals surface area contributed by atoms with E-state index in [4.69, 9.17) is 4.74 Å². The topological polar surface area (TPSA) is 79.5 Å². The molecule has 0 aliphatic rings. The predicted octanol–water partition coefficient (Wildman–Crippen LogP) is 4.46. The van der Waals surface area contributed by atoms with Crippen LogP contribution < -0.4 is 20.7 Å². The summed E-state index contributed by atoms with van der Waals surface area (Å²) in [4.78, 5) is 24.5. The third-order valence-electron chi connectivity index (χ3n) is 4.49. The van der Waals surface area contributed by atoms with Gasteiger partial charge in [0.05, 0.1) is 13.2 Å². The van der Waals surface area contributed by atoms with Crippen LogP contribution in [0.5, 0.6) is 5.75 Å². The van der Waals surface area contributed by atoms with E-state index in [1.54, 1.807) is 30.3 Å². The standard InChI is InChI=1S/C25H27N3O3/c1-2-15-31-23-10-6-9-22(16-23)28-24(29)18-26-21-13-11-20(12-14-21)25(30)27-17-19-7-4-3-5-8-19/h3-14,16,26H,2,15,17-18H2,1H3,(H,27,30)(H,28,29). The second kappa shape index (κ2) is 11.4. The molecular formula is C25H27N3O3. The quantitative estimate of drug-likeness (QED) is 0.455. The van der Waals surface area contributed by atoms with Gasteiger partial charge in [-0.1, -0.05) is 43.3 Å². The summed E-state index contributed by atoms with van der Waals surface area (Å²) in [7, 11) is 0. The molecule has 0 aliphatic heterocycles. The molecule has 0 aromatic heterocycles. The van der Waals surface area contributed by atoms with E-state index in [0.717, 1.165) is 23.4 Å². The van der Waals surface area contributed by atoms with Crippen molar-refractivity contribution in [3.05, 3.63) is 90.0 Å². The zero-order valence-electron chi connectivity index (χ0n) is 17.6. The molecule has 0 bridgehead atoms. The molecule has 0 radical (unpaired) electrons. The number of benzene rings is 3. The van der Waals surface area contributed by atoms with E-state index in [1.165, 1.54) is 0 Å². The monoisotopic (exact) mass is 417 g/mol. The molecule has 3 aromatic carbocycles. The Morgan fingerprint density at radius 3 is 2.39 bits per heavy atom. The molecule has 3 N–H and O–H groups in total. The lowest BCUT2D eigenvalue weighted by Crippen LogP contribution is -2.23. The van der Waals surface area contributed by atoms with Crippen LogP contribution in [0.3, 0.4) is 0 Å². The summed E-state index contributed by atoms with van der Waals surface area (Å²) >= 11 is 0. The fourth-order valence-electron chi connectivity index (χ4n) is 2.89. The maximum atomic E-state index is 12.3. The van der Waals surface area contributed by atoms with Gasteiger partial charge in [0.25, 0.3) is 5.91 Å². The Morgan fingerprint density at radius 1 is 0.871 bits per heavy atom. The molecule has 2 amide bonds. The normalized spacial score (nSPS) is 10.2. The summed E-state index contributed by atoms with van der Waals surface area (Å²) in [6, 6.07) is 24.1. The van der Waals surface area contributed by atoms with Crippen LogP contribution in [0.25, 0.3) is 0 Å². The molecule has 6 heteroatoms. The van der Waals surface area contributed by atoms with Crippen LogP contribution in [0, 0.1) is 0 Å². The molecule has 3 rings (SSSR count). The molecule has 0 heterocycles. The molecule has 0 fully saturated rings. The van der Waals surface area contributed by atoms with Crippen molar-refractivity contribution >= 4 is 23.2 Å². The number of nitrogens with one attached hydrogen (secondary N) is 3. The van der Waals surface area contributed by atoms with E-state index in [0.29, 0.717) is 24.4 Å². The van der Waals surface area contributed by atoms with E-state index in [-0.39, 0.29) is 18.4 Å². The lowest BCUT2D eigenvalue weighted by molar-refractivity contribution is -0.114. The van der Waals surface area contributed by atoms with Gasteiger partial charge in [0, 0.05) is 29.5 Å². The lowest BCUT2D eigenvalue weighted by Gasteiger charge is -2.10. The lowest BCUT2D eigenvalue weighted by atomic mass is 10.1. The van der Waals surface area contributed by atoms with Gasteiger partial charge in [0.1, 0.15) is 5.75 Å². The molecular weight excluding hydrogens is 390 g/mol. The number of amides is 2. The van der Waals surface area contributed by atoms with Gasteiger partial charge in [-0.25, -0.2) is 0 Å². The van der Waals surface area contributed by atoms with Gasteiger partial charge in [0.2, 0.25) is 5.91 Å². The number of hydrogen-bond acceptors (Lipinski definition) is 4. The minimum Gasteiger partial charge on any atom is -0.494 e. The van der Waals surface area contributed by atoms with Crippen LogP contribution in [-0.2, 0) is 11.3 Å². The molecule has 0 unspecified atom stereocenters. The highest BCUT2D eigenvalue weighted by molar-refractivity contribution is 5.95. The van der Waals surface area contributed by atoms with Crippen molar-refractivity contribution < 1.29 is 14.3 Å². The number of carbonyl (C=O) groups is 2. The average molecular weight is 418 g/mol. The van der Waals surface area contributed by atoms with Crippen LogP contribution in [0.4, 0.5) is 11.4 Å². The van der Waals surface area contributed by atoms with Crippen LogP contribution in [-0.4, -0.2) is 25.0 Å². The van der Waals surface area contributed by atoms with E-state index < -0.39 is 0 Å². The Kier molecular flexibility index (Phi) is 8.05. The zero-order chi connectivity index (χ0) is 21.9. The molecule has 160 valence electrons. The highest BCUT2D eigenvalue weighted by atomic mass is 16.5. The van der Waals surface area contributed by atoms with Crippen molar-refractivity contribution in [1.29, 1.82) is 0 Å². The Balaban J connectivity index is 1.45. The Morgan fingerprint density at radius 2 is 1.65 bits per heavy atom. The molecule has 3 aromatic rings. The molecule has 0 saturated carbocycles. The minimum atomic E-state index is -0.169. The van der Waals surface area contributed by atoms with E-state index in [2.05, 4.69) is 16.0 Å². The van der Waals surface area contributed by atoms with Crippen LogP contribution in [0.15, 0.2) is 78.9 Å². The van der Waals surface area contributed by atoms with E-state index >= 15 is 0 Å². The van der Waals surface area contributed by atoms with Gasteiger partial charge in [0.15, 0.2) is 0 Å². The molecule has 31 heavy (non-hydrogen) atoms. The first-order valence-corrected chi connectivity index (χ1v) is 10.3. The summed E-state index contributed by atoms with van der Waals surface area (Å²) in [5.74, 6) is 0.421. The van der Waals surface area contributed by atoms with Crippen LogP contribution >= 0.6 is 0 Å². The number of anilines is 2. The Bertz CT molecular complexity index is 988. The first-order chi connectivity index (χ1) is 15.1. The summed E-state index contributed by atoms with van der Waals surface area (Å²) in [6.07, 6.45) is 0.925. The second-order valence-corrected chi connectivity index (χ2v) is 7.02. The van der Waals surface area contributed by atoms with Crippen LogP contribution in [0.2, 0.25) is 0 Å². The van der Waals surface area contributed by atoms with Crippen LogP contribution in [0.1, 0.15) is 29.3 Å². The SMILES string of the molecule is CCCOc1cccc(NC(=O)CNc2ccc(C(=O)NCc3ccccc3)cc2)c1. The van der Waals surface area contributed by atoms with Crippen molar-refractivity contribution in [2.75, 3.05) is 23.8 Å². The fraction of sp³-hybridized carbons (Fsp3) is 0.200. The number of hydrogen-bond donors (Lipinski definition) is 3. The van der Waals surface area contributed by atoms with Crippen molar-refractivity contribution in [1.82, 2.24) is 5.32 Å². The largest absolute Gasteiger partial charge is 0.494 e. The predicted molar refractivity (Wildman–Crippen MR) is 123 cm³/mol. The third-order valence-corrected chi connectivity index (χ3v) is 4.49. The number of rotatable bonds is 10. The van der Waals surface area contributed by atoms with Gasteiger partial charge < -0.3 is 20.7 Å². The van der Waals surface area contributed by atoms with E-state index in [1.807, 2.05) is 55.5 Å². The first kappa shape index (κ1) is 21.9. The summed E-state index contributed by atoms with van der Waals surface area (Å²) in [6.45, 7) is 3.27. The minimum absolute atomic E-state index is 0.111. The van der Waals surface area contributed by atoms with Crippen molar-refractivity contribution in [3.63, 3.8) is 0 Å². The van der Waals surface area contributed by atoms with Gasteiger partial charge in [-0.05, 0) is 48.4 Å². The van der Waals surface area contributed by atoms with Gasteiger partial charge in [-0.15, -0.1) is 0 Å². The second-order valence-electron chi connectivity index (χ2n) is 7.02. The summed E-state index contributed by atoms with van der Waals surface area (Å²) in [5.41, 5.74) is 3.05. The molecule has 0 saturated heterocycles. The number of ether oxygens (including phenoxy) is 1. The highest BCUT2D eigenvalue weighted by Gasteiger charge is 2.07. The average Bonchev–Trinajstić information content (AvgIpc) is 2.81. The summed E-state index contributed by atoms with van der Waals surface area (Å²) < 4.78 is 5.58. The van der Waals surface area contributed by atoms with Crippen molar-refractivity contribution in [3.8, 4) is 5.75 Å². The zero-order valence-corrected chi connectivity index (χ0v) is 17.6. The smallest absolute Gasteiger partial charge is 0.251 e. The first-order valence-electron chi connectivity index (χ1n) is 10.3. The Hall–Kier alpha value is -3.80. The third kappa shape index (κ3) is 7.19. The number of carbonyl (C=O) groups excluding carboxylic acids is 2. The molecule has 0 spiro atoms. The molecule has 0 aliphatic carbocycles. The van der Waals surface area contributed by atoms with Gasteiger partial charge >= 0.3 is 0 Å². The summed E-state index contributed by atoms with van der Waals surface area (Å²) in [5, 5.41) is 8.80. The maximum Gasteiger partial charge on any atom is 0.251 e. The molecule has 0 atom stereocenters. The molecule has 6 nitrogen and oxygen atoms in total. The van der Waals surface area contributed by atoms with Gasteiger partial charge in [-0.2, -0.15) is 0 Å². The fourth-order valence-corrected chi connectivity index (χ4v) is 2.89. The van der Waals surface area contributed by atoms with Gasteiger partial charge in [-0.3, -0.25) is 9.59 Å². The van der Waals surface area contributed by atoms with Crippen molar-refractivity contribution in [2.45, 2.75) is 19.9 Å².